The number of nitrogens with zero attached hydrogens (tertiary/aromatic N) is 2. The van der Waals surface area contributed by atoms with Crippen molar-refractivity contribution in [3.8, 4) is 5.75 Å². The van der Waals surface area contributed by atoms with Crippen molar-refractivity contribution in [2.75, 3.05) is 7.05 Å². The average molecular weight is 589 g/mol. The number of phenolic OH excluding ortho intramolecular Hbond substituents is 1. The van der Waals surface area contributed by atoms with Crippen LogP contribution in [-0.2, 0) is 32.0 Å². The van der Waals surface area contributed by atoms with Gasteiger partial charge in [-0.25, -0.2) is 4.79 Å². The number of hydrogen-bond acceptors (Lipinski definition) is 8. The molecule has 11 nitrogen and oxygen atoms in total. The molecule has 43 heavy (non-hydrogen) atoms. The van der Waals surface area contributed by atoms with Crippen LogP contribution >= 0.6 is 0 Å². The van der Waals surface area contributed by atoms with Gasteiger partial charge in [-0.15, -0.1) is 0 Å². The highest BCUT2D eigenvalue weighted by atomic mass is 16.5. The third kappa shape index (κ3) is 7.55. The normalized spacial score (nSPS) is 25.1. The molecule has 6 atom stereocenters. The van der Waals surface area contributed by atoms with Crippen LogP contribution < -0.4 is 10.6 Å². The topological polar surface area (TPSA) is 158 Å². The lowest BCUT2D eigenvalue weighted by Gasteiger charge is -2.36. The van der Waals surface area contributed by atoms with Gasteiger partial charge in [0.15, 0.2) is 0 Å². The second-order valence-electron chi connectivity index (χ2n) is 10.7. The van der Waals surface area contributed by atoms with E-state index >= 15 is 0 Å². The van der Waals surface area contributed by atoms with Gasteiger partial charge < -0.3 is 30.5 Å². The first-order chi connectivity index (χ1) is 20.6. The summed E-state index contributed by atoms with van der Waals surface area (Å²) in [5, 5.41) is 27.0. The Morgan fingerprint density at radius 3 is 2.33 bits per heavy atom. The molecule has 3 amide bonds. The van der Waals surface area contributed by atoms with Crippen molar-refractivity contribution in [1.29, 1.82) is 0 Å². The van der Waals surface area contributed by atoms with Gasteiger partial charge in [-0.05, 0) is 42.7 Å². The first kappa shape index (κ1) is 31.2. The second-order valence-corrected chi connectivity index (χ2v) is 10.7. The molecule has 1 unspecified atom stereocenters. The van der Waals surface area contributed by atoms with Crippen LogP contribution in [-0.4, -0.2) is 81.2 Å². The van der Waals surface area contributed by atoms with Crippen LogP contribution in [0.3, 0.4) is 0 Å². The highest BCUT2D eigenvalue weighted by molar-refractivity contribution is 6.00. The number of carbonyl (C=O) groups excluding carboxylic acids is 4. The lowest BCUT2D eigenvalue weighted by Crippen LogP contribution is -2.61. The number of phenols is 1. The van der Waals surface area contributed by atoms with Gasteiger partial charge in [-0.3, -0.25) is 19.4 Å². The summed E-state index contributed by atoms with van der Waals surface area (Å²) in [6.07, 6.45) is 0.870. The van der Waals surface area contributed by atoms with Gasteiger partial charge in [0, 0.05) is 25.9 Å². The van der Waals surface area contributed by atoms with E-state index in [-0.39, 0.29) is 24.2 Å². The first-order valence-corrected chi connectivity index (χ1v) is 14.0. The zero-order valence-corrected chi connectivity index (χ0v) is 24.2. The third-order valence-electron chi connectivity index (χ3n) is 7.67. The molecule has 1 aromatic heterocycles. The van der Waals surface area contributed by atoms with Crippen LogP contribution in [0.1, 0.15) is 35.3 Å². The summed E-state index contributed by atoms with van der Waals surface area (Å²) in [6, 6.07) is 14.9. The van der Waals surface area contributed by atoms with E-state index in [0.29, 0.717) is 5.56 Å². The maximum atomic E-state index is 13.8. The number of rotatable bonds is 6. The molecule has 1 aliphatic heterocycles. The molecule has 0 bridgehead atoms. The van der Waals surface area contributed by atoms with Gasteiger partial charge in [0.1, 0.15) is 23.9 Å². The number of cyclic esters (lactones) is 1. The minimum Gasteiger partial charge on any atom is -0.507 e. The lowest BCUT2D eigenvalue weighted by atomic mass is 9.91. The maximum Gasteiger partial charge on any atom is 0.329 e. The van der Waals surface area contributed by atoms with Gasteiger partial charge in [-0.2, -0.15) is 0 Å². The van der Waals surface area contributed by atoms with Crippen molar-refractivity contribution in [2.45, 2.75) is 57.0 Å². The quantitative estimate of drug-likeness (QED) is 0.317. The number of pyridine rings is 1. The number of aliphatic hydroxyl groups excluding tert-OH is 1. The second kappa shape index (κ2) is 13.9. The molecule has 1 aliphatic rings. The SMILES string of the molecule is C[C@H]1OC(=O)C(Cc2ccccc2)N(C)C(=O)[C@H](C)[C@H](O)[C@H](Cc2cccnc2)NC(=O)[C@H]1NC(=O)c1ccccc1O. The summed E-state index contributed by atoms with van der Waals surface area (Å²) >= 11 is 0. The summed E-state index contributed by atoms with van der Waals surface area (Å²) in [5.74, 6) is -4.11. The number of likely N-dealkylation sites (N-methyl/N-ethyl adjacent to an activating group) is 1. The first-order valence-electron chi connectivity index (χ1n) is 14.0. The minimum absolute atomic E-state index is 0.0761. The largest absolute Gasteiger partial charge is 0.507 e. The molecule has 0 saturated carbocycles. The Balaban J connectivity index is 1.72. The van der Waals surface area contributed by atoms with E-state index in [1.165, 1.54) is 37.9 Å². The van der Waals surface area contributed by atoms with Crippen LogP contribution in [0.4, 0.5) is 0 Å². The number of ether oxygens (including phenoxy) is 1. The predicted octanol–water partition coefficient (Wildman–Crippen LogP) is 1.63. The molecule has 2 heterocycles. The van der Waals surface area contributed by atoms with Crippen molar-refractivity contribution in [3.05, 3.63) is 95.8 Å². The Bertz CT molecular complexity index is 1440. The fourth-order valence-corrected chi connectivity index (χ4v) is 5.10. The Kier molecular flexibility index (Phi) is 10.1. The van der Waals surface area contributed by atoms with E-state index in [2.05, 4.69) is 15.6 Å². The molecule has 3 aromatic rings. The van der Waals surface area contributed by atoms with Gasteiger partial charge in [0.25, 0.3) is 5.91 Å². The van der Waals surface area contributed by atoms with Crippen LogP contribution in [0.2, 0.25) is 0 Å². The van der Waals surface area contributed by atoms with Crippen molar-refractivity contribution in [3.63, 3.8) is 0 Å². The van der Waals surface area contributed by atoms with Crippen LogP contribution in [0, 0.1) is 5.92 Å². The number of para-hydroxylation sites is 1. The fourth-order valence-electron chi connectivity index (χ4n) is 5.10. The lowest BCUT2D eigenvalue weighted by molar-refractivity contribution is -0.163. The molecule has 4 rings (SSSR count). The van der Waals surface area contributed by atoms with Gasteiger partial charge in [0.05, 0.1) is 23.6 Å². The summed E-state index contributed by atoms with van der Waals surface area (Å²) in [7, 11) is 1.48. The molecular formula is C32H36N4O7. The highest BCUT2D eigenvalue weighted by Gasteiger charge is 2.41. The standard InChI is InChI=1S/C32H36N4O7/c1-19-28(38)24(16-22-12-9-15-33-18-22)34-30(40)27(35-29(39)23-13-7-8-14-26(23)37)20(2)43-32(42)25(36(3)31(19)41)17-21-10-5-4-6-11-21/h4-15,18-20,24-25,27-28,37-38H,16-17H2,1-3H3,(H,34,40)(H,35,39)/t19-,20-,24+,25?,27+,28+/m1/s1. The Morgan fingerprint density at radius 1 is 0.977 bits per heavy atom. The molecule has 11 heteroatoms. The van der Waals surface area contributed by atoms with E-state index in [0.717, 1.165) is 5.56 Å². The smallest absolute Gasteiger partial charge is 0.329 e. The fraction of sp³-hybridized carbons (Fsp3) is 0.344. The summed E-state index contributed by atoms with van der Waals surface area (Å²) < 4.78 is 5.75. The van der Waals surface area contributed by atoms with Crippen molar-refractivity contribution < 1.29 is 34.1 Å². The Morgan fingerprint density at radius 2 is 1.65 bits per heavy atom. The monoisotopic (exact) mass is 588 g/mol. The van der Waals surface area contributed by atoms with E-state index in [9.17, 15) is 29.4 Å². The summed E-state index contributed by atoms with van der Waals surface area (Å²) in [4.78, 5) is 59.5. The number of aliphatic hydroxyl groups is 1. The zero-order valence-electron chi connectivity index (χ0n) is 24.2. The number of amides is 3. The van der Waals surface area contributed by atoms with Crippen molar-refractivity contribution in [2.24, 2.45) is 5.92 Å². The van der Waals surface area contributed by atoms with Crippen LogP contribution in [0.5, 0.6) is 5.75 Å². The number of hydrogen-bond donors (Lipinski definition) is 4. The van der Waals surface area contributed by atoms with E-state index in [1.807, 2.05) is 30.3 Å². The Hall–Kier alpha value is -4.77. The number of aromatic nitrogens is 1. The van der Waals surface area contributed by atoms with Gasteiger partial charge in [-0.1, -0.05) is 55.5 Å². The molecule has 226 valence electrons. The molecule has 1 saturated heterocycles. The van der Waals surface area contributed by atoms with Crippen LogP contribution in [0.25, 0.3) is 0 Å². The molecule has 0 aliphatic carbocycles. The molecule has 2 aromatic carbocycles. The number of carbonyl (C=O) groups is 4. The maximum absolute atomic E-state index is 13.8. The minimum atomic E-state index is -1.41. The number of esters is 1. The van der Waals surface area contributed by atoms with Crippen molar-refractivity contribution in [1.82, 2.24) is 20.5 Å². The number of nitrogens with one attached hydrogen (secondary N) is 2. The highest BCUT2D eigenvalue weighted by Crippen LogP contribution is 2.21. The molecular weight excluding hydrogens is 552 g/mol. The van der Waals surface area contributed by atoms with E-state index < -0.39 is 59.9 Å². The zero-order chi connectivity index (χ0) is 31.1. The third-order valence-corrected chi connectivity index (χ3v) is 7.67. The Labute approximate surface area is 249 Å². The van der Waals surface area contributed by atoms with E-state index in [1.54, 1.807) is 36.7 Å². The van der Waals surface area contributed by atoms with Gasteiger partial charge in [0.2, 0.25) is 11.8 Å². The van der Waals surface area contributed by atoms with Crippen molar-refractivity contribution >= 4 is 23.7 Å². The molecule has 0 radical (unpaired) electrons. The number of benzene rings is 2. The number of aromatic hydroxyl groups is 1. The van der Waals surface area contributed by atoms with E-state index in [4.69, 9.17) is 4.74 Å². The van der Waals surface area contributed by atoms with Crippen LogP contribution in [0.15, 0.2) is 79.1 Å². The summed E-state index contributed by atoms with van der Waals surface area (Å²) in [6.45, 7) is 2.98. The molecule has 1 fully saturated rings. The summed E-state index contributed by atoms with van der Waals surface area (Å²) in [5.41, 5.74) is 1.39. The molecule has 0 spiro atoms. The van der Waals surface area contributed by atoms with Gasteiger partial charge >= 0.3 is 5.97 Å². The molecule has 4 N–H and O–H groups in total. The average Bonchev–Trinajstić information content (AvgIpc) is 3.01. The predicted molar refractivity (Wildman–Crippen MR) is 157 cm³/mol.